The number of aromatic nitrogens is 1. The van der Waals surface area contributed by atoms with Crippen molar-refractivity contribution in [2.75, 3.05) is 18.2 Å². The minimum Gasteiger partial charge on any atom is -0.497 e. The van der Waals surface area contributed by atoms with Crippen molar-refractivity contribution < 1.29 is 9.53 Å². The summed E-state index contributed by atoms with van der Waals surface area (Å²) in [5.41, 5.74) is 6.85. The Labute approximate surface area is 122 Å². The number of methoxy groups -OCH3 is 1. The third-order valence-electron chi connectivity index (χ3n) is 2.36. The Bertz CT molecular complexity index is 600. The van der Waals surface area contributed by atoms with Crippen LogP contribution in [0.3, 0.4) is 0 Å². The highest BCUT2D eigenvalue weighted by Gasteiger charge is 2.09. The van der Waals surface area contributed by atoms with Crippen LogP contribution in [-0.4, -0.2) is 18.0 Å². The van der Waals surface area contributed by atoms with Crippen LogP contribution < -0.4 is 15.8 Å². The number of anilines is 2. The van der Waals surface area contributed by atoms with Crippen molar-refractivity contribution >= 4 is 44.0 Å². The number of hydrogen-bond donors (Lipinski definition) is 2. The van der Waals surface area contributed by atoms with Crippen molar-refractivity contribution in [3.63, 3.8) is 0 Å². The fourth-order valence-corrected chi connectivity index (χ4v) is 2.40. The predicted molar refractivity (Wildman–Crippen MR) is 79.6 cm³/mol. The molecule has 0 spiro atoms. The molecule has 0 aliphatic carbocycles. The fraction of sp³-hybridized carbons (Fsp3) is 0.167. The van der Waals surface area contributed by atoms with Crippen molar-refractivity contribution in [3.05, 3.63) is 33.7 Å². The third-order valence-corrected chi connectivity index (χ3v) is 3.77. The van der Waals surface area contributed by atoms with Gasteiger partial charge in [-0.1, -0.05) is 0 Å². The Kier molecular flexibility index (Phi) is 4.39. The highest BCUT2D eigenvalue weighted by atomic mass is 79.9. The molecule has 1 aromatic heterocycles. The number of carbonyl (C=O) groups is 1. The Morgan fingerprint density at radius 3 is 3.00 bits per heavy atom. The average Bonchev–Trinajstić information content (AvgIpc) is 2.77. The number of halogens is 1. The summed E-state index contributed by atoms with van der Waals surface area (Å²) in [6.07, 6.45) is 0.192. The topological polar surface area (TPSA) is 77.2 Å². The minimum absolute atomic E-state index is 0.153. The van der Waals surface area contributed by atoms with Gasteiger partial charge in [0.05, 0.1) is 24.9 Å². The number of ether oxygens (including phenoxy) is 1. The zero-order valence-electron chi connectivity index (χ0n) is 10.1. The highest BCUT2D eigenvalue weighted by Crippen LogP contribution is 2.27. The summed E-state index contributed by atoms with van der Waals surface area (Å²) >= 11 is 4.69. The Balaban J connectivity index is 2.06. The van der Waals surface area contributed by atoms with Crippen LogP contribution in [0.15, 0.2) is 28.1 Å². The molecule has 0 radical (unpaired) electrons. The molecule has 100 valence electrons. The lowest BCUT2D eigenvalue weighted by Crippen LogP contribution is -2.15. The molecule has 7 heteroatoms. The molecular formula is C12H12BrN3O2S. The van der Waals surface area contributed by atoms with Gasteiger partial charge in [-0.05, 0) is 28.1 Å². The molecule has 0 saturated carbocycles. The lowest BCUT2D eigenvalue weighted by atomic mass is 10.2. The summed E-state index contributed by atoms with van der Waals surface area (Å²) < 4.78 is 5.90. The van der Waals surface area contributed by atoms with Crippen molar-refractivity contribution in [2.24, 2.45) is 0 Å². The van der Waals surface area contributed by atoms with Crippen LogP contribution in [0.25, 0.3) is 0 Å². The van der Waals surface area contributed by atoms with Crippen LogP contribution in [0, 0.1) is 0 Å². The molecule has 2 rings (SSSR count). The number of rotatable bonds is 4. The van der Waals surface area contributed by atoms with E-state index >= 15 is 0 Å². The van der Waals surface area contributed by atoms with Gasteiger partial charge in [-0.25, -0.2) is 4.98 Å². The first-order valence-electron chi connectivity index (χ1n) is 5.42. The van der Waals surface area contributed by atoms with E-state index in [1.54, 1.807) is 24.6 Å². The Hall–Kier alpha value is -1.60. The molecule has 0 bridgehead atoms. The van der Waals surface area contributed by atoms with Crippen LogP contribution in [0.4, 0.5) is 10.8 Å². The van der Waals surface area contributed by atoms with Crippen LogP contribution in [0.5, 0.6) is 5.75 Å². The molecule has 3 N–H and O–H groups in total. The van der Waals surface area contributed by atoms with Crippen LogP contribution in [0.2, 0.25) is 0 Å². The quantitative estimate of drug-likeness (QED) is 0.896. The number of benzene rings is 1. The molecule has 1 amide bonds. The van der Waals surface area contributed by atoms with Gasteiger partial charge in [0.2, 0.25) is 5.91 Å². The molecule has 0 fully saturated rings. The Morgan fingerprint density at radius 2 is 2.37 bits per heavy atom. The summed E-state index contributed by atoms with van der Waals surface area (Å²) in [4.78, 5) is 15.9. The van der Waals surface area contributed by atoms with E-state index in [9.17, 15) is 4.79 Å². The SMILES string of the molecule is COc1ccc(Br)c(NC(=O)Cc2csc(N)n2)c1. The molecule has 0 unspecified atom stereocenters. The van der Waals surface area contributed by atoms with Crippen LogP contribution >= 0.6 is 27.3 Å². The lowest BCUT2D eigenvalue weighted by molar-refractivity contribution is -0.115. The van der Waals surface area contributed by atoms with E-state index in [0.29, 0.717) is 22.3 Å². The number of hydrogen-bond acceptors (Lipinski definition) is 5. The maximum absolute atomic E-state index is 11.9. The first-order chi connectivity index (χ1) is 9.08. The number of amides is 1. The van der Waals surface area contributed by atoms with Gasteiger partial charge in [0.15, 0.2) is 5.13 Å². The summed E-state index contributed by atoms with van der Waals surface area (Å²) in [5.74, 6) is 0.524. The second kappa shape index (κ2) is 6.03. The molecule has 0 atom stereocenters. The number of carbonyl (C=O) groups excluding carboxylic acids is 1. The summed E-state index contributed by atoms with van der Waals surface area (Å²) in [6.45, 7) is 0. The van der Waals surface area contributed by atoms with E-state index in [0.717, 1.165) is 4.47 Å². The summed E-state index contributed by atoms with van der Waals surface area (Å²) in [7, 11) is 1.58. The lowest BCUT2D eigenvalue weighted by Gasteiger charge is -2.08. The standard InChI is InChI=1S/C12H12BrN3O2S/c1-18-8-2-3-9(13)10(5-8)16-11(17)4-7-6-19-12(14)15-7/h2-3,5-6H,4H2,1H3,(H2,14,15)(H,16,17). The van der Waals surface area contributed by atoms with Gasteiger partial charge in [-0.15, -0.1) is 11.3 Å². The van der Waals surface area contributed by atoms with Gasteiger partial charge in [-0.3, -0.25) is 4.79 Å². The van der Waals surface area contributed by atoms with E-state index in [1.807, 2.05) is 6.07 Å². The fourth-order valence-electron chi connectivity index (χ4n) is 1.49. The minimum atomic E-state index is -0.153. The molecule has 0 aliphatic heterocycles. The van der Waals surface area contributed by atoms with Gasteiger partial charge in [0, 0.05) is 15.9 Å². The van der Waals surface area contributed by atoms with Crippen molar-refractivity contribution in [1.82, 2.24) is 4.98 Å². The van der Waals surface area contributed by atoms with E-state index < -0.39 is 0 Å². The van der Waals surface area contributed by atoms with Crippen molar-refractivity contribution in [3.8, 4) is 5.75 Å². The van der Waals surface area contributed by atoms with Gasteiger partial charge in [-0.2, -0.15) is 0 Å². The zero-order valence-corrected chi connectivity index (χ0v) is 12.5. The molecule has 5 nitrogen and oxygen atoms in total. The van der Waals surface area contributed by atoms with Gasteiger partial charge >= 0.3 is 0 Å². The monoisotopic (exact) mass is 341 g/mol. The number of nitrogen functional groups attached to an aromatic ring is 1. The van der Waals surface area contributed by atoms with E-state index in [-0.39, 0.29) is 12.3 Å². The second-order valence-electron chi connectivity index (χ2n) is 3.75. The average molecular weight is 342 g/mol. The molecule has 19 heavy (non-hydrogen) atoms. The van der Waals surface area contributed by atoms with E-state index in [4.69, 9.17) is 10.5 Å². The number of nitrogens with zero attached hydrogens (tertiary/aromatic N) is 1. The molecule has 2 aromatic rings. The molecule has 0 aliphatic rings. The summed E-state index contributed by atoms with van der Waals surface area (Å²) in [5, 5.41) is 5.04. The largest absolute Gasteiger partial charge is 0.497 e. The van der Waals surface area contributed by atoms with Crippen molar-refractivity contribution in [2.45, 2.75) is 6.42 Å². The number of nitrogens with one attached hydrogen (secondary N) is 1. The molecular weight excluding hydrogens is 330 g/mol. The van der Waals surface area contributed by atoms with E-state index in [2.05, 4.69) is 26.2 Å². The smallest absolute Gasteiger partial charge is 0.230 e. The highest BCUT2D eigenvalue weighted by molar-refractivity contribution is 9.10. The molecule has 0 saturated heterocycles. The van der Waals surface area contributed by atoms with E-state index in [1.165, 1.54) is 11.3 Å². The van der Waals surface area contributed by atoms with Gasteiger partial charge < -0.3 is 15.8 Å². The maximum atomic E-state index is 11.9. The normalized spacial score (nSPS) is 10.2. The first kappa shape index (κ1) is 13.8. The maximum Gasteiger partial charge on any atom is 0.230 e. The summed E-state index contributed by atoms with van der Waals surface area (Å²) in [6, 6.07) is 5.37. The Morgan fingerprint density at radius 1 is 1.58 bits per heavy atom. The first-order valence-corrected chi connectivity index (χ1v) is 7.09. The predicted octanol–water partition coefficient (Wildman–Crippen LogP) is 2.68. The molecule has 1 heterocycles. The number of thiazole rings is 1. The van der Waals surface area contributed by atoms with Crippen LogP contribution in [-0.2, 0) is 11.2 Å². The van der Waals surface area contributed by atoms with Gasteiger partial charge in [0.1, 0.15) is 5.75 Å². The van der Waals surface area contributed by atoms with Gasteiger partial charge in [0.25, 0.3) is 0 Å². The number of nitrogens with two attached hydrogens (primary N) is 1. The second-order valence-corrected chi connectivity index (χ2v) is 5.49. The zero-order chi connectivity index (χ0) is 13.8. The third kappa shape index (κ3) is 3.68. The van der Waals surface area contributed by atoms with Crippen LogP contribution in [0.1, 0.15) is 5.69 Å². The molecule has 1 aromatic carbocycles. The van der Waals surface area contributed by atoms with Crippen molar-refractivity contribution in [1.29, 1.82) is 0 Å².